The number of hydrogen-bond acceptors (Lipinski definition) is 3. The molecule has 22 heavy (non-hydrogen) atoms. The van der Waals surface area contributed by atoms with E-state index in [2.05, 4.69) is 5.32 Å². The number of ether oxygens (including phenoxy) is 1. The number of nitrogens with one attached hydrogen (secondary N) is 1. The molecule has 0 radical (unpaired) electrons. The van der Waals surface area contributed by atoms with Gasteiger partial charge in [-0.1, -0.05) is 0 Å². The second kappa shape index (κ2) is 8.41. The van der Waals surface area contributed by atoms with Crippen LogP contribution >= 0.6 is 0 Å². The number of benzene rings is 1. The van der Waals surface area contributed by atoms with Crippen molar-refractivity contribution >= 4 is 11.8 Å². The summed E-state index contributed by atoms with van der Waals surface area (Å²) in [6.45, 7) is 10.1. The van der Waals surface area contributed by atoms with E-state index in [1.165, 1.54) is 4.90 Å². The Kier molecular flexibility index (Phi) is 6.89. The Bertz CT molecular complexity index is 495. The molecule has 1 aromatic carbocycles. The summed E-state index contributed by atoms with van der Waals surface area (Å²) in [5.74, 6) is 0.426. The molecule has 5 nitrogen and oxygen atoms in total. The maximum Gasteiger partial charge on any atom is 0.254 e. The fourth-order valence-electron chi connectivity index (χ4n) is 2.00. The number of amides is 2. The first-order chi connectivity index (χ1) is 10.3. The van der Waals surface area contributed by atoms with Crippen LogP contribution in [0.4, 0.5) is 0 Å². The predicted molar refractivity (Wildman–Crippen MR) is 87.1 cm³/mol. The van der Waals surface area contributed by atoms with Crippen molar-refractivity contribution in [1.82, 2.24) is 10.2 Å². The first-order valence-corrected chi connectivity index (χ1v) is 7.68. The van der Waals surface area contributed by atoms with Crippen LogP contribution in [0.15, 0.2) is 24.3 Å². The molecule has 0 bridgehead atoms. The summed E-state index contributed by atoms with van der Waals surface area (Å²) in [6, 6.07) is 7.06. The zero-order valence-electron chi connectivity index (χ0n) is 14.1. The van der Waals surface area contributed by atoms with Crippen LogP contribution in [0.5, 0.6) is 5.75 Å². The van der Waals surface area contributed by atoms with Gasteiger partial charge in [0.15, 0.2) is 0 Å². The molecule has 0 aliphatic rings. The highest BCUT2D eigenvalue weighted by Crippen LogP contribution is 2.15. The van der Waals surface area contributed by atoms with Gasteiger partial charge in [-0.15, -0.1) is 0 Å². The number of rotatable bonds is 7. The van der Waals surface area contributed by atoms with Gasteiger partial charge >= 0.3 is 0 Å². The number of carbonyl (C=O) groups is 2. The minimum Gasteiger partial charge on any atom is -0.491 e. The van der Waals surface area contributed by atoms with Crippen LogP contribution in [0.1, 0.15) is 45.0 Å². The van der Waals surface area contributed by atoms with E-state index in [0.717, 1.165) is 5.75 Å². The van der Waals surface area contributed by atoms with Gasteiger partial charge in [0, 0.05) is 18.2 Å². The molecular formula is C17H26N2O3. The molecule has 2 amide bonds. The van der Waals surface area contributed by atoms with Gasteiger partial charge in [-0.25, -0.2) is 0 Å². The Morgan fingerprint density at radius 1 is 1.14 bits per heavy atom. The number of likely N-dealkylation sites (N-methyl/N-ethyl adjacent to an activating group) is 1. The van der Waals surface area contributed by atoms with Crippen molar-refractivity contribution in [2.45, 2.75) is 46.8 Å². The van der Waals surface area contributed by atoms with E-state index in [1.54, 1.807) is 24.3 Å². The van der Waals surface area contributed by atoms with Crippen molar-refractivity contribution in [3.63, 3.8) is 0 Å². The van der Waals surface area contributed by atoms with E-state index in [-0.39, 0.29) is 30.5 Å². The minimum absolute atomic E-state index is 0.0637. The number of carbonyl (C=O) groups excluding carboxylic acids is 2. The molecule has 0 atom stereocenters. The maximum absolute atomic E-state index is 12.4. The molecule has 1 rings (SSSR count). The fourth-order valence-corrected chi connectivity index (χ4v) is 2.00. The Balaban J connectivity index is 2.72. The SMILES string of the molecule is CCN(CC(=O)NC(C)C)C(=O)c1ccc(OC(C)C)cc1. The lowest BCUT2D eigenvalue weighted by molar-refractivity contribution is -0.122. The molecule has 0 aliphatic carbocycles. The van der Waals surface area contributed by atoms with Gasteiger partial charge in [-0.05, 0) is 58.9 Å². The van der Waals surface area contributed by atoms with Gasteiger partial charge in [0.25, 0.3) is 5.91 Å². The minimum atomic E-state index is -0.155. The smallest absolute Gasteiger partial charge is 0.254 e. The third-order valence-corrected chi connectivity index (χ3v) is 2.93. The van der Waals surface area contributed by atoms with Crippen LogP contribution < -0.4 is 10.1 Å². The molecule has 1 N–H and O–H groups in total. The summed E-state index contributed by atoms with van der Waals surface area (Å²) >= 11 is 0. The first-order valence-electron chi connectivity index (χ1n) is 7.68. The highest BCUT2D eigenvalue weighted by atomic mass is 16.5. The molecule has 122 valence electrons. The molecule has 0 spiro atoms. The van der Waals surface area contributed by atoms with Gasteiger partial charge in [-0.3, -0.25) is 9.59 Å². The molecule has 0 fully saturated rings. The van der Waals surface area contributed by atoms with Gasteiger partial charge < -0.3 is 15.0 Å². The number of nitrogens with zero attached hydrogens (tertiary/aromatic N) is 1. The summed E-state index contributed by atoms with van der Waals surface area (Å²) in [4.78, 5) is 25.8. The van der Waals surface area contributed by atoms with Gasteiger partial charge in [0.1, 0.15) is 5.75 Å². The summed E-state index contributed by atoms with van der Waals surface area (Å²) in [7, 11) is 0. The van der Waals surface area contributed by atoms with Crippen LogP contribution in [0.25, 0.3) is 0 Å². The molecule has 0 heterocycles. The lowest BCUT2D eigenvalue weighted by atomic mass is 10.2. The molecule has 0 saturated carbocycles. The van der Waals surface area contributed by atoms with Crippen LogP contribution in [-0.4, -0.2) is 41.9 Å². The average Bonchev–Trinajstić information content (AvgIpc) is 2.43. The van der Waals surface area contributed by atoms with Crippen LogP contribution in [0.2, 0.25) is 0 Å². The predicted octanol–water partition coefficient (Wildman–Crippen LogP) is 2.46. The van der Waals surface area contributed by atoms with Crippen LogP contribution in [-0.2, 0) is 4.79 Å². The summed E-state index contributed by atoms with van der Waals surface area (Å²) in [6.07, 6.45) is 0.0911. The van der Waals surface area contributed by atoms with E-state index in [4.69, 9.17) is 4.74 Å². The van der Waals surface area contributed by atoms with Gasteiger partial charge in [0.2, 0.25) is 5.91 Å². The van der Waals surface area contributed by atoms with E-state index >= 15 is 0 Å². The van der Waals surface area contributed by atoms with Crippen molar-refractivity contribution in [3.05, 3.63) is 29.8 Å². The van der Waals surface area contributed by atoms with E-state index in [0.29, 0.717) is 12.1 Å². The Hall–Kier alpha value is -2.04. The lowest BCUT2D eigenvalue weighted by Gasteiger charge is -2.21. The van der Waals surface area contributed by atoms with E-state index < -0.39 is 0 Å². The first kappa shape index (κ1) is 18.0. The highest BCUT2D eigenvalue weighted by molar-refractivity contribution is 5.96. The largest absolute Gasteiger partial charge is 0.491 e. The molecule has 0 aromatic heterocycles. The standard InChI is InChI=1S/C17H26N2O3/c1-6-19(11-16(20)18-12(2)3)17(21)14-7-9-15(10-8-14)22-13(4)5/h7-10,12-13H,6,11H2,1-5H3,(H,18,20). The van der Waals surface area contributed by atoms with Gasteiger partial charge in [-0.2, -0.15) is 0 Å². The average molecular weight is 306 g/mol. The van der Waals surface area contributed by atoms with Crippen molar-refractivity contribution in [2.24, 2.45) is 0 Å². The quantitative estimate of drug-likeness (QED) is 0.842. The zero-order valence-corrected chi connectivity index (χ0v) is 14.1. The Labute approximate surface area is 132 Å². The molecule has 5 heteroatoms. The topological polar surface area (TPSA) is 58.6 Å². The van der Waals surface area contributed by atoms with Gasteiger partial charge in [0.05, 0.1) is 12.6 Å². The fraction of sp³-hybridized carbons (Fsp3) is 0.529. The second-order valence-electron chi connectivity index (χ2n) is 5.73. The maximum atomic E-state index is 12.4. The molecule has 0 saturated heterocycles. The summed E-state index contributed by atoms with van der Waals surface area (Å²) in [5, 5.41) is 2.79. The van der Waals surface area contributed by atoms with E-state index in [1.807, 2.05) is 34.6 Å². The summed E-state index contributed by atoms with van der Waals surface area (Å²) in [5.41, 5.74) is 0.551. The van der Waals surface area contributed by atoms with Crippen molar-refractivity contribution in [1.29, 1.82) is 0 Å². The third kappa shape index (κ3) is 5.76. The van der Waals surface area contributed by atoms with Crippen molar-refractivity contribution in [2.75, 3.05) is 13.1 Å². The third-order valence-electron chi connectivity index (χ3n) is 2.93. The highest BCUT2D eigenvalue weighted by Gasteiger charge is 2.17. The molecule has 0 aliphatic heterocycles. The van der Waals surface area contributed by atoms with Crippen LogP contribution in [0.3, 0.4) is 0 Å². The second-order valence-corrected chi connectivity index (χ2v) is 5.73. The molecular weight excluding hydrogens is 280 g/mol. The zero-order chi connectivity index (χ0) is 16.7. The van der Waals surface area contributed by atoms with Crippen LogP contribution in [0, 0.1) is 0 Å². The van der Waals surface area contributed by atoms with Crippen molar-refractivity contribution < 1.29 is 14.3 Å². The van der Waals surface area contributed by atoms with Crippen molar-refractivity contribution in [3.8, 4) is 5.75 Å². The summed E-state index contributed by atoms with van der Waals surface area (Å²) < 4.78 is 5.56. The number of hydrogen-bond donors (Lipinski definition) is 1. The normalized spacial score (nSPS) is 10.7. The lowest BCUT2D eigenvalue weighted by Crippen LogP contribution is -2.42. The molecule has 0 unspecified atom stereocenters. The monoisotopic (exact) mass is 306 g/mol. The molecule has 1 aromatic rings. The Morgan fingerprint density at radius 3 is 2.18 bits per heavy atom. The van der Waals surface area contributed by atoms with E-state index in [9.17, 15) is 9.59 Å². The Morgan fingerprint density at radius 2 is 1.73 bits per heavy atom.